The molecule has 170 valence electrons. The zero-order valence-electron chi connectivity index (χ0n) is 18.9. The van der Waals surface area contributed by atoms with Gasteiger partial charge in [0, 0.05) is 38.8 Å². The molecule has 8 heteroatoms. The van der Waals surface area contributed by atoms with Crippen LogP contribution in [0.3, 0.4) is 0 Å². The SMILES string of the molecule is CCCCC(CNC(=O)OC(C)(C)C)NC(=NC)NCC1CCN(C2CC2)C1.I. The number of nitrogens with zero attached hydrogens (tertiary/aromatic N) is 2. The maximum Gasteiger partial charge on any atom is 0.407 e. The maximum atomic E-state index is 12.0. The van der Waals surface area contributed by atoms with Crippen molar-refractivity contribution < 1.29 is 9.53 Å². The summed E-state index contributed by atoms with van der Waals surface area (Å²) in [6.45, 7) is 11.7. The van der Waals surface area contributed by atoms with Gasteiger partial charge in [0.05, 0.1) is 0 Å². The molecule has 7 nitrogen and oxygen atoms in total. The van der Waals surface area contributed by atoms with E-state index in [1.54, 1.807) is 7.05 Å². The molecule has 1 aliphatic carbocycles. The van der Waals surface area contributed by atoms with E-state index in [9.17, 15) is 4.79 Å². The molecule has 0 aromatic carbocycles. The summed E-state index contributed by atoms with van der Waals surface area (Å²) in [7, 11) is 1.80. The lowest BCUT2D eigenvalue weighted by molar-refractivity contribution is 0.0523. The largest absolute Gasteiger partial charge is 0.444 e. The first kappa shape index (κ1) is 26.3. The molecule has 0 aromatic heterocycles. The summed E-state index contributed by atoms with van der Waals surface area (Å²) in [5, 5.41) is 9.86. The average molecular weight is 524 g/mol. The van der Waals surface area contributed by atoms with Crippen molar-refractivity contribution in [3.8, 4) is 0 Å². The van der Waals surface area contributed by atoms with Crippen molar-refractivity contribution in [3.63, 3.8) is 0 Å². The first-order valence-corrected chi connectivity index (χ1v) is 11.0. The van der Waals surface area contributed by atoms with Gasteiger partial charge >= 0.3 is 6.09 Å². The molecule has 0 spiro atoms. The number of carbonyl (C=O) groups excluding carboxylic acids is 1. The van der Waals surface area contributed by atoms with E-state index < -0.39 is 5.60 Å². The first-order chi connectivity index (χ1) is 13.3. The number of ether oxygens (including phenoxy) is 1. The summed E-state index contributed by atoms with van der Waals surface area (Å²) in [6.07, 6.45) is 6.86. The molecule has 29 heavy (non-hydrogen) atoms. The second kappa shape index (κ2) is 12.8. The summed E-state index contributed by atoms with van der Waals surface area (Å²) in [5.41, 5.74) is -0.482. The Hall–Kier alpha value is -0.770. The minimum absolute atomic E-state index is 0. The lowest BCUT2D eigenvalue weighted by atomic mass is 10.1. The van der Waals surface area contributed by atoms with Crippen LogP contribution in [0.5, 0.6) is 0 Å². The quantitative estimate of drug-likeness (QED) is 0.246. The number of alkyl carbamates (subject to hydrolysis) is 1. The van der Waals surface area contributed by atoms with Crippen LogP contribution in [-0.4, -0.2) is 67.9 Å². The highest BCUT2D eigenvalue weighted by atomic mass is 127. The third-order valence-electron chi connectivity index (χ3n) is 5.30. The van der Waals surface area contributed by atoms with E-state index in [0.717, 1.165) is 37.8 Å². The van der Waals surface area contributed by atoms with Crippen LogP contribution in [0.4, 0.5) is 4.79 Å². The Balaban J connectivity index is 0.00000420. The van der Waals surface area contributed by atoms with Crippen molar-refractivity contribution in [1.82, 2.24) is 20.9 Å². The highest BCUT2D eigenvalue weighted by Crippen LogP contribution is 2.31. The number of hydrogen-bond donors (Lipinski definition) is 3. The molecule has 3 N–H and O–H groups in total. The molecule has 0 aromatic rings. The van der Waals surface area contributed by atoms with E-state index in [2.05, 4.69) is 32.8 Å². The van der Waals surface area contributed by atoms with Gasteiger partial charge in [-0.05, 0) is 58.9 Å². The first-order valence-electron chi connectivity index (χ1n) is 11.0. The number of guanidine groups is 1. The minimum atomic E-state index is -0.482. The lowest BCUT2D eigenvalue weighted by Gasteiger charge is -2.24. The van der Waals surface area contributed by atoms with Gasteiger partial charge < -0.3 is 25.6 Å². The zero-order valence-corrected chi connectivity index (χ0v) is 21.3. The van der Waals surface area contributed by atoms with Gasteiger partial charge in [-0.15, -0.1) is 24.0 Å². The zero-order chi connectivity index (χ0) is 20.6. The predicted octanol–water partition coefficient (Wildman–Crippen LogP) is 3.34. The van der Waals surface area contributed by atoms with E-state index in [1.807, 2.05) is 20.8 Å². The van der Waals surface area contributed by atoms with Crippen molar-refractivity contribution in [2.45, 2.75) is 83.9 Å². The van der Waals surface area contributed by atoms with Gasteiger partial charge in [-0.1, -0.05) is 19.8 Å². The highest BCUT2D eigenvalue weighted by Gasteiger charge is 2.34. The van der Waals surface area contributed by atoms with Crippen LogP contribution in [0.15, 0.2) is 4.99 Å². The van der Waals surface area contributed by atoms with Crippen LogP contribution in [0.2, 0.25) is 0 Å². The number of hydrogen-bond acceptors (Lipinski definition) is 4. The molecular formula is C21H42IN5O2. The molecule has 2 unspecified atom stereocenters. The molecule has 1 saturated carbocycles. The van der Waals surface area contributed by atoms with Crippen LogP contribution in [0.25, 0.3) is 0 Å². The molecule has 0 radical (unpaired) electrons. The summed E-state index contributed by atoms with van der Waals surface area (Å²) in [6, 6.07) is 0.991. The molecule has 1 amide bonds. The Labute approximate surface area is 194 Å². The summed E-state index contributed by atoms with van der Waals surface area (Å²) >= 11 is 0. The van der Waals surface area contributed by atoms with Crippen molar-refractivity contribution in [3.05, 3.63) is 0 Å². The molecule has 1 aliphatic heterocycles. The summed E-state index contributed by atoms with van der Waals surface area (Å²) in [4.78, 5) is 19.0. The fourth-order valence-corrected chi connectivity index (χ4v) is 3.63. The van der Waals surface area contributed by atoms with E-state index >= 15 is 0 Å². The fourth-order valence-electron chi connectivity index (χ4n) is 3.63. The van der Waals surface area contributed by atoms with E-state index in [4.69, 9.17) is 4.74 Å². The molecule has 2 atom stereocenters. The number of amides is 1. The Morgan fingerprint density at radius 2 is 1.97 bits per heavy atom. The fraction of sp³-hybridized carbons (Fsp3) is 0.905. The monoisotopic (exact) mass is 523 g/mol. The Bertz CT molecular complexity index is 520. The van der Waals surface area contributed by atoms with E-state index in [0.29, 0.717) is 12.5 Å². The van der Waals surface area contributed by atoms with Gasteiger partial charge in [-0.25, -0.2) is 4.79 Å². The molecular weight excluding hydrogens is 481 g/mol. The Morgan fingerprint density at radius 1 is 1.24 bits per heavy atom. The van der Waals surface area contributed by atoms with E-state index in [1.165, 1.54) is 32.4 Å². The molecule has 2 rings (SSSR count). The van der Waals surface area contributed by atoms with Gasteiger partial charge in [0.2, 0.25) is 0 Å². The molecule has 2 fully saturated rings. The van der Waals surface area contributed by atoms with Gasteiger partial charge in [0.15, 0.2) is 5.96 Å². The number of carbonyl (C=O) groups is 1. The van der Waals surface area contributed by atoms with Gasteiger partial charge in [0.25, 0.3) is 0 Å². The normalized spacial score (nSPS) is 21.3. The number of nitrogens with one attached hydrogen (secondary N) is 3. The number of likely N-dealkylation sites (tertiary alicyclic amines) is 1. The lowest BCUT2D eigenvalue weighted by Crippen LogP contribution is -2.49. The van der Waals surface area contributed by atoms with Gasteiger partial charge in [0.1, 0.15) is 5.60 Å². The predicted molar refractivity (Wildman–Crippen MR) is 130 cm³/mol. The van der Waals surface area contributed by atoms with Gasteiger partial charge in [-0.3, -0.25) is 4.99 Å². The van der Waals surface area contributed by atoms with Crippen LogP contribution in [-0.2, 0) is 4.74 Å². The molecule has 0 bridgehead atoms. The van der Waals surface area contributed by atoms with Crippen molar-refractivity contribution in [1.29, 1.82) is 0 Å². The Kier molecular flexibility index (Phi) is 11.6. The van der Waals surface area contributed by atoms with Crippen LogP contribution in [0, 0.1) is 5.92 Å². The average Bonchev–Trinajstić information content (AvgIpc) is 3.37. The Morgan fingerprint density at radius 3 is 2.55 bits per heavy atom. The molecule has 2 aliphatic rings. The standard InChI is InChI=1S/C21H41N5O2.HI/c1-6-7-8-17(14-24-20(27)28-21(2,3)4)25-19(22-5)23-13-16-11-12-26(15-16)18-9-10-18;/h16-18H,6-15H2,1-5H3,(H,24,27)(H2,22,23,25);1H. The van der Waals surface area contributed by atoms with Crippen molar-refractivity contribution >= 4 is 36.0 Å². The molecule has 1 saturated heterocycles. The van der Waals surface area contributed by atoms with Crippen molar-refractivity contribution in [2.75, 3.05) is 33.2 Å². The molecule has 1 heterocycles. The third-order valence-corrected chi connectivity index (χ3v) is 5.30. The highest BCUT2D eigenvalue weighted by molar-refractivity contribution is 14.0. The van der Waals surface area contributed by atoms with Crippen LogP contribution >= 0.6 is 24.0 Å². The smallest absolute Gasteiger partial charge is 0.407 e. The van der Waals surface area contributed by atoms with E-state index in [-0.39, 0.29) is 36.1 Å². The van der Waals surface area contributed by atoms with Crippen LogP contribution in [0.1, 0.15) is 66.2 Å². The second-order valence-electron chi connectivity index (χ2n) is 9.20. The summed E-state index contributed by atoms with van der Waals surface area (Å²) in [5.74, 6) is 1.50. The number of aliphatic imine (C=N–C) groups is 1. The van der Waals surface area contributed by atoms with Gasteiger partial charge in [-0.2, -0.15) is 0 Å². The minimum Gasteiger partial charge on any atom is -0.444 e. The van der Waals surface area contributed by atoms with Crippen molar-refractivity contribution in [2.24, 2.45) is 10.9 Å². The van der Waals surface area contributed by atoms with Crippen LogP contribution < -0.4 is 16.0 Å². The topological polar surface area (TPSA) is 78.0 Å². The third kappa shape index (κ3) is 10.7. The second-order valence-corrected chi connectivity index (χ2v) is 9.20. The number of halogens is 1. The number of rotatable bonds is 9. The number of unbranched alkanes of at least 4 members (excludes halogenated alkanes) is 1. The summed E-state index contributed by atoms with van der Waals surface area (Å²) < 4.78 is 5.34. The maximum absolute atomic E-state index is 12.0.